The fourth-order valence-corrected chi connectivity index (χ4v) is 4.12. The molecule has 2 aliphatic heterocycles. The maximum atomic E-state index is 12.7. The van der Waals surface area contributed by atoms with E-state index in [2.05, 4.69) is 14.6 Å². The first kappa shape index (κ1) is 26.1. The van der Waals surface area contributed by atoms with Gasteiger partial charge in [0.2, 0.25) is 0 Å². The van der Waals surface area contributed by atoms with E-state index in [0.29, 0.717) is 38.2 Å². The van der Waals surface area contributed by atoms with Crippen LogP contribution in [0.15, 0.2) is 35.0 Å². The van der Waals surface area contributed by atoms with Gasteiger partial charge in [-0.1, -0.05) is 11.6 Å². The predicted molar refractivity (Wildman–Crippen MR) is 122 cm³/mol. The molecule has 0 aromatic heterocycles. The summed E-state index contributed by atoms with van der Waals surface area (Å²) in [5.41, 5.74) is 6.93. The molecule has 0 spiro atoms. The number of hydrogen-bond donors (Lipinski definition) is 1. The number of carbonyl (C=O) groups is 1. The van der Waals surface area contributed by atoms with Gasteiger partial charge in [0.05, 0.1) is 30.9 Å². The normalized spacial score (nSPS) is 19.4. The zero-order valence-corrected chi connectivity index (χ0v) is 19.4. The number of halogens is 4. The van der Waals surface area contributed by atoms with E-state index < -0.39 is 12.1 Å². The summed E-state index contributed by atoms with van der Waals surface area (Å²) in [5.74, 6) is -0.738. The molecule has 2 heterocycles. The van der Waals surface area contributed by atoms with Crippen LogP contribution in [0, 0.1) is 5.92 Å². The zero-order valence-electron chi connectivity index (χ0n) is 18.6. The van der Waals surface area contributed by atoms with Gasteiger partial charge in [0.15, 0.2) is 0 Å². The number of likely N-dealkylation sites (tertiary alicyclic amines) is 1. The van der Waals surface area contributed by atoms with Crippen LogP contribution >= 0.6 is 11.6 Å². The molecule has 2 saturated heterocycles. The second-order valence-corrected chi connectivity index (χ2v) is 8.53. The molecule has 0 atom stereocenters. The number of nitrogens with zero attached hydrogens (tertiary/aromatic N) is 3. The molecule has 8 nitrogen and oxygen atoms in total. The van der Waals surface area contributed by atoms with Crippen molar-refractivity contribution in [2.45, 2.75) is 19.2 Å². The SMILES string of the molecule is N/C(=C\C([OH2+])=NCCN1CCOCC1)C1CCN(C(=O)c2ccc(OC(F)(F)F)c(Cl)c2)CC1. The van der Waals surface area contributed by atoms with Gasteiger partial charge in [-0.3, -0.25) is 9.69 Å². The Morgan fingerprint density at radius 3 is 2.56 bits per heavy atom. The Morgan fingerprint density at radius 1 is 1.26 bits per heavy atom. The molecular formula is C22H29ClF3N4O4+. The third kappa shape index (κ3) is 7.78. The number of aliphatic imine (C=N–C) groups is 1. The summed E-state index contributed by atoms with van der Waals surface area (Å²) in [6.07, 6.45) is -2.08. The molecule has 0 unspecified atom stereocenters. The quantitative estimate of drug-likeness (QED) is 0.348. The van der Waals surface area contributed by atoms with Gasteiger partial charge in [0, 0.05) is 49.9 Å². The number of hydrogen-bond acceptors (Lipinski definition) is 6. The monoisotopic (exact) mass is 505 g/mol. The van der Waals surface area contributed by atoms with E-state index in [1.165, 1.54) is 12.1 Å². The van der Waals surface area contributed by atoms with Crippen LogP contribution in [-0.2, 0) is 4.74 Å². The molecule has 1 aromatic rings. The lowest BCUT2D eigenvalue weighted by atomic mass is 9.93. The van der Waals surface area contributed by atoms with Crippen molar-refractivity contribution in [3.8, 4) is 5.75 Å². The molecule has 2 fully saturated rings. The summed E-state index contributed by atoms with van der Waals surface area (Å²) in [5, 5.41) is 7.75. The van der Waals surface area contributed by atoms with Crippen molar-refractivity contribution in [1.82, 2.24) is 9.80 Å². The van der Waals surface area contributed by atoms with Crippen LogP contribution in [0.5, 0.6) is 5.75 Å². The number of carbonyl (C=O) groups excluding carboxylic acids is 1. The second-order valence-electron chi connectivity index (χ2n) is 8.12. The number of piperidine rings is 1. The molecule has 188 valence electrons. The Balaban J connectivity index is 1.49. The fourth-order valence-electron chi connectivity index (χ4n) is 3.90. The predicted octanol–water partition coefficient (Wildman–Crippen LogP) is 2.39. The minimum atomic E-state index is -4.86. The van der Waals surface area contributed by atoms with Gasteiger partial charge in [0.1, 0.15) is 5.75 Å². The van der Waals surface area contributed by atoms with Crippen molar-refractivity contribution in [1.29, 1.82) is 0 Å². The zero-order chi connectivity index (χ0) is 24.7. The van der Waals surface area contributed by atoms with Crippen LogP contribution in [0.2, 0.25) is 5.02 Å². The average Bonchev–Trinajstić information content (AvgIpc) is 2.80. The Kier molecular flexibility index (Phi) is 9.03. The highest BCUT2D eigenvalue weighted by Crippen LogP contribution is 2.31. The van der Waals surface area contributed by atoms with Gasteiger partial charge in [-0.15, -0.1) is 13.2 Å². The van der Waals surface area contributed by atoms with Crippen LogP contribution in [0.3, 0.4) is 0 Å². The van der Waals surface area contributed by atoms with E-state index in [1.807, 2.05) is 0 Å². The minimum Gasteiger partial charge on any atom is -0.579 e. The van der Waals surface area contributed by atoms with E-state index in [-0.39, 0.29) is 28.3 Å². The Morgan fingerprint density at radius 2 is 1.94 bits per heavy atom. The Hall–Kier alpha value is -2.50. The second kappa shape index (κ2) is 11.8. The van der Waals surface area contributed by atoms with Gasteiger partial charge in [-0.25, -0.2) is 4.99 Å². The van der Waals surface area contributed by atoms with Gasteiger partial charge in [-0.2, -0.15) is 0 Å². The van der Waals surface area contributed by atoms with E-state index in [9.17, 15) is 18.0 Å². The summed E-state index contributed by atoms with van der Waals surface area (Å²) in [4.78, 5) is 20.9. The smallest absolute Gasteiger partial charge is 0.573 e. The molecule has 0 aliphatic carbocycles. The van der Waals surface area contributed by atoms with Crippen molar-refractivity contribution >= 4 is 23.4 Å². The molecule has 3 rings (SSSR count). The fraction of sp³-hybridized carbons (Fsp3) is 0.545. The molecule has 2 aliphatic rings. The maximum absolute atomic E-state index is 12.7. The molecule has 4 N–H and O–H groups in total. The maximum Gasteiger partial charge on any atom is 0.573 e. The first-order chi connectivity index (χ1) is 16.1. The molecular weight excluding hydrogens is 477 g/mol. The summed E-state index contributed by atoms with van der Waals surface area (Å²) in [7, 11) is 0. The van der Waals surface area contributed by atoms with Crippen LogP contribution in [0.25, 0.3) is 0 Å². The van der Waals surface area contributed by atoms with Crippen LogP contribution in [-0.4, -0.2) is 85.6 Å². The molecule has 0 saturated carbocycles. The first-order valence-corrected chi connectivity index (χ1v) is 11.4. The third-order valence-corrected chi connectivity index (χ3v) is 6.06. The van der Waals surface area contributed by atoms with Gasteiger partial charge in [0.25, 0.3) is 5.91 Å². The molecule has 34 heavy (non-hydrogen) atoms. The highest BCUT2D eigenvalue weighted by Gasteiger charge is 2.32. The van der Waals surface area contributed by atoms with E-state index in [0.717, 1.165) is 38.9 Å². The lowest BCUT2D eigenvalue weighted by Crippen LogP contribution is -2.39. The van der Waals surface area contributed by atoms with Crippen LogP contribution in [0.4, 0.5) is 13.2 Å². The van der Waals surface area contributed by atoms with Crippen LogP contribution in [0.1, 0.15) is 23.2 Å². The van der Waals surface area contributed by atoms with Crippen molar-refractivity contribution in [2.75, 3.05) is 52.5 Å². The summed E-state index contributed by atoms with van der Waals surface area (Å²) in [6.45, 7) is 5.33. The Bertz CT molecular complexity index is 912. The largest absolute Gasteiger partial charge is 0.579 e. The number of benzene rings is 1. The summed E-state index contributed by atoms with van der Waals surface area (Å²) >= 11 is 5.85. The Labute approximate surface area is 200 Å². The van der Waals surface area contributed by atoms with E-state index in [1.54, 1.807) is 11.0 Å². The average molecular weight is 506 g/mol. The number of morpholine rings is 1. The number of nitrogens with two attached hydrogens (primary N) is 1. The molecule has 0 radical (unpaired) electrons. The standard InChI is InChI=1S/C22H28ClF3N4O4/c23-17-13-16(1-2-19(17)34-22(24,25)26)21(32)30-6-3-15(4-7-30)18(27)14-20(31)28-5-8-29-9-11-33-12-10-29/h1-2,13-15H,3-12,27H2,(H,28,31)/p+1/b18-14-. The van der Waals surface area contributed by atoms with E-state index in [4.69, 9.17) is 27.2 Å². The molecule has 1 amide bonds. The number of rotatable bonds is 7. The van der Waals surface area contributed by atoms with E-state index >= 15 is 0 Å². The van der Waals surface area contributed by atoms with Crippen molar-refractivity contribution in [3.63, 3.8) is 0 Å². The summed E-state index contributed by atoms with van der Waals surface area (Å²) < 4.78 is 46.3. The third-order valence-electron chi connectivity index (χ3n) is 5.76. The highest BCUT2D eigenvalue weighted by atomic mass is 35.5. The van der Waals surface area contributed by atoms with Crippen molar-refractivity contribution in [2.24, 2.45) is 16.6 Å². The molecule has 12 heteroatoms. The van der Waals surface area contributed by atoms with Gasteiger partial charge >= 0.3 is 12.3 Å². The first-order valence-electron chi connectivity index (χ1n) is 11.0. The van der Waals surface area contributed by atoms with Gasteiger partial charge in [-0.05, 0) is 31.0 Å². The van der Waals surface area contributed by atoms with Crippen molar-refractivity contribution < 1.29 is 32.5 Å². The lowest BCUT2D eigenvalue weighted by molar-refractivity contribution is -0.274. The number of amides is 1. The topological polar surface area (TPSA) is 103 Å². The minimum absolute atomic E-state index is 0.0185. The van der Waals surface area contributed by atoms with Crippen LogP contribution < -0.4 is 10.5 Å². The molecule has 0 bridgehead atoms. The lowest BCUT2D eigenvalue weighted by Gasteiger charge is -2.32. The van der Waals surface area contributed by atoms with Crippen molar-refractivity contribution in [3.05, 3.63) is 40.6 Å². The molecule has 1 aromatic carbocycles. The summed E-state index contributed by atoms with van der Waals surface area (Å²) in [6, 6.07) is 3.46. The number of allylic oxidation sites excluding steroid dienone is 1. The number of alkyl halides is 3. The number of ether oxygens (including phenoxy) is 2. The highest BCUT2D eigenvalue weighted by molar-refractivity contribution is 6.32. The van der Waals surface area contributed by atoms with Gasteiger partial charge < -0.3 is 25.2 Å².